The number of carbonyl (C=O) groups excluding carboxylic acids is 1. The smallest absolute Gasteiger partial charge is 0.241 e. The zero-order chi connectivity index (χ0) is 19.9. The Labute approximate surface area is 171 Å². The fourth-order valence-corrected chi connectivity index (χ4v) is 3.65. The number of halogens is 1. The third kappa shape index (κ3) is 5.77. The minimum atomic E-state index is 0.0130. The molecule has 1 aliphatic rings. The normalized spacial score (nSPS) is 17.8. The maximum absolute atomic E-state index is 12.4. The van der Waals surface area contributed by atoms with Crippen LogP contribution in [-0.4, -0.2) is 66.1 Å². The highest BCUT2D eigenvalue weighted by Crippen LogP contribution is 2.25. The molecular formula is C20H28ClN5O2. The monoisotopic (exact) mass is 405 g/mol. The number of rotatable bonds is 8. The number of benzene rings is 1. The summed E-state index contributed by atoms with van der Waals surface area (Å²) < 4.78 is 5.41. The van der Waals surface area contributed by atoms with Gasteiger partial charge in [0.05, 0.1) is 17.5 Å². The largest absolute Gasteiger partial charge is 0.356 e. The van der Waals surface area contributed by atoms with Crippen LogP contribution in [-0.2, 0) is 11.3 Å². The van der Waals surface area contributed by atoms with E-state index in [1.807, 2.05) is 32.3 Å². The molecule has 1 aromatic carbocycles. The minimum Gasteiger partial charge on any atom is -0.356 e. The average molecular weight is 406 g/mol. The summed E-state index contributed by atoms with van der Waals surface area (Å²) in [5.74, 6) is 1.19. The van der Waals surface area contributed by atoms with Crippen LogP contribution in [0.2, 0.25) is 5.02 Å². The van der Waals surface area contributed by atoms with Crippen molar-refractivity contribution < 1.29 is 9.32 Å². The number of carbonyl (C=O) groups is 1. The maximum atomic E-state index is 12.4. The zero-order valence-corrected chi connectivity index (χ0v) is 17.3. The van der Waals surface area contributed by atoms with Gasteiger partial charge in [-0.25, -0.2) is 0 Å². The number of piperidine rings is 1. The van der Waals surface area contributed by atoms with Crippen molar-refractivity contribution in [3.05, 3.63) is 35.2 Å². The Morgan fingerprint density at radius 2 is 2.21 bits per heavy atom. The van der Waals surface area contributed by atoms with Crippen LogP contribution < -0.4 is 5.32 Å². The molecule has 0 bridgehead atoms. The lowest BCUT2D eigenvalue weighted by atomic mass is 9.97. The molecule has 2 aromatic rings. The minimum absolute atomic E-state index is 0.0130. The van der Waals surface area contributed by atoms with Crippen LogP contribution in [0.3, 0.4) is 0 Å². The quantitative estimate of drug-likeness (QED) is 0.680. The Bertz CT molecular complexity index is 779. The Morgan fingerprint density at radius 3 is 3.00 bits per heavy atom. The molecule has 1 fully saturated rings. The van der Waals surface area contributed by atoms with Crippen LogP contribution >= 0.6 is 11.6 Å². The lowest BCUT2D eigenvalue weighted by molar-refractivity contribution is -0.126. The van der Waals surface area contributed by atoms with E-state index < -0.39 is 0 Å². The van der Waals surface area contributed by atoms with Crippen LogP contribution in [0.4, 0.5) is 0 Å². The lowest BCUT2D eigenvalue weighted by Gasteiger charge is -2.30. The predicted octanol–water partition coefficient (Wildman–Crippen LogP) is 2.67. The van der Waals surface area contributed by atoms with Crippen molar-refractivity contribution in [3.8, 4) is 11.4 Å². The molecule has 8 heteroatoms. The standard InChI is InChI=1S/C20H28ClN5O2/c1-25(2)11-6-10-22-20(27)15-7-5-12-26(13-15)14-18-23-19(24-28-18)16-8-3-4-9-17(16)21/h3-4,8-9,15H,5-7,10-14H2,1-2H3,(H,22,27). The summed E-state index contributed by atoms with van der Waals surface area (Å²) in [6.07, 6.45) is 2.87. The van der Waals surface area contributed by atoms with Gasteiger partial charge < -0.3 is 14.7 Å². The number of nitrogens with zero attached hydrogens (tertiary/aromatic N) is 4. The number of hydrogen-bond donors (Lipinski definition) is 1. The molecule has 1 saturated heterocycles. The van der Waals surface area contributed by atoms with E-state index in [4.69, 9.17) is 16.1 Å². The Hall–Kier alpha value is -1.96. The van der Waals surface area contributed by atoms with Gasteiger partial charge in [0, 0.05) is 18.7 Å². The maximum Gasteiger partial charge on any atom is 0.241 e. The third-order valence-electron chi connectivity index (χ3n) is 4.90. The summed E-state index contributed by atoms with van der Waals surface area (Å²) in [6.45, 7) is 3.87. The van der Waals surface area contributed by atoms with Crippen molar-refractivity contribution in [1.29, 1.82) is 0 Å². The molecule has 1 aliphatic heterocycles. The van der Waals surface area contributed by atoms with Gasteiger partial charge in [-0.3, -0.25) is 9.69 Å². The fraction of sp³-hybridized carbons (Fsp3) is 0.550. The van der Waals surface area contributed by atoms with Crippen molar-refractivity contribution >= 4 is 17.5 Å². The SMILES string of the molecule is CN(C)CCCNC(=O)C1CCCN(Cc2nc(-c3ccccc3Cl)no2)C1. The van der Waals surface area contributed by atoms with Gasteiger partial charge in [0.1, 0.15) is 0 Å². The van der Waals surface area contributed by atoms with Gasteiger partial charge in [-0.2, -0.15) is 4.98 Å². The molecular weight excluding hydrogens is 378 g/mol. The second-order valence-corrected chi connectivity index (χ2v) is 7.92. The molecule has 3 rings (SSSR count). The summed E-state index contributed by atoms with van der Waals surface area (Å²) in [5.41, 5.74) is 0.757. The van der Waals surface area contributed by atoms with Gasteiger partial charge in [0.15, 0.2) is 0 Å². The topological polar surface area (TPSA) is 74.5 Å². The summed E-state index contributed by atoms with van der Waals surface area (Å²) in [5, 5.41) is 7.71. The second-order valence-electron chi connectivity index (χ2n) is 7.51. The molecule has 152 valence electrons. The summed E-state index contributed by atoms with van der Waals surface area (Å²) in [7, 11) is 4.07. The van der Waals surface area contributed by atoms with Gasteiger partial charge in [-0.05, 0) is 58.6 Å². The highest BCUT2D eigenvalue weighted by Gasteiger charge is 2.26. The number of nitrogens with one attached hydrogen (secondary N) is 1. The molecule has 1 unspecified atom stereocenters. The average Bonchev–Trinajstić information content (AvgIpc) is 3.13. The van der Waals surface area contributed by atoms with Gasteiger partial charge in [0.25, 0.3) is 0 Å². The molecule has 1 atom stereocenters. The van der Waals surface area contributed by atoms with Crippen LogP contribution in [0, 0.1) is 5.92 Å². The lowest BCUT2D eigenvalue weighted by Crippen LogP contribution is -2.43. The molecule has 0 spiro atoms. The molecule has 1 N–H and O–H groups in total. The first-order chi connectivity index (χ1) is 13.5. The van der Waals surface area contributed by atoms with Gasteiger partial charge in [-0.15, -0.1) is 0 Å². The summed E-state index contributed by atoms with van der Waals surface area (Å²) >= 11 is 6.20. The van der Waals surface area contributed by atoms with Gasteiger partial charge >= 0.3 is 0 Å². The molecule has 7 nitrogen and oxygen atoms in total. The van der Waals surface area contributed by atoms with Crippen LogP contribution in [0.25, 0.3) is 11.4 Å². The van der Waals surface area contributed by atoms with E-state index >= 15 is 0 Å². The van der Waals surface area contributed by atoms with E-state index in [1.54, 1.807) is 6.07 Å². The zero-order valence-electron chi connectivity index (χ0n) is 16.5. The highest BCUT2D eigenvalue weighted by atomic mass is 35.5. The first-order valence-corrected chi connectivity index (χ1v) is 10.1. The van der Waals surface area contributed by atoms with E-state index in [1.165, 1.54) is 0 Å². The third-order valence-corrected chi connectivity index (χ3v) is 5.23. The second kappa shape index (κ2) is 10.0. The Morgan fingerprint density at radius 1 is 1.39 bits per heavy atom. The molecule has 1 aromatic heterocycles. The highest BCUT2D eigenvalue weighted by molar-refractivity contribution is 6.33. The van der Waals surface area contributed by atoms with Crippen LogP contribution in [0.1, 0.15) is 25.2 Å². The number of likely N-dealkylation sites (tertiary alicyclic amines) is 1. The number of amides is 1. The number of hydrogen-bond acceptors (Lipinski definition) is 6. The molecule has 0 saturated carbocycles. The fourth-order valence-electron chi connectivity index (χ4n) is 3.43. The summed E-state index contributed by atoms with van der Waals surface area (Å²) in [6, 6.07) is 7.43. The predicted molar refractivity (Wildman–Crippen MR) is 109 cm³/mol. The van der Waals surface area contributed by atoms with Crippen molar-refractivity contribution in [1.82, 2.24) is 25.3 Å². The molecule has 0 aliphatic carbocycles. The summed E-state index contributed by atoms with van der Waals surface area (Å²) in [4.78, 5) is 21.2. The van der Waals surface area contributed by atoms with Gasteiger partial charge in [0.2, 0.25) is 17.6 Å². The van der Waals surface area contributed by atoms with E-state index in [9.17, 15) is 4.79 Å². The number of aromatic nitrogens is 2. The molecule has 2 heterocycles. The van der Waals surface area contributed by atoms with Crippen molar-refractivity contribution in [2.75, 3.05) is 40.3 Å². The van der Waals surface area contributed by atoms with E-state index in [0.29, 0.717) is 29.8 Å². The van der Waals surface area contributed by atoms with Crippen molar-refractivity contribution in [2.45, 2.75) is 25.8 Å². The van der Waals surface area contributed by atoms with Crippen molar-refractivity contribution in [2.24, 2.45) is 5.92 Å². The van der Waals surface area contributed by atoms with E-state index in [0.717, 1.165) is 44.5 Å². The Kier molecular flexibility index (Phi) is 7.42. The molecule has 28 heavy (non-hydrogen) atoms. The first-order valence-electron chi connectivity index (χ1n) is 9.75. The van der Waals surface area contributed by atoms with Crippen molar-refractivity contribution in [3.63, 3.8) is 0 Å². The van der Waals surface area contributed by atoms with E-state index in [2.05, 4.69) is 25.3 Å². The van der Waals surface area contributed by atoms with E-state index in [-0.39, 0.29) is 11.8 Å². The van der Waals surface area contributed by atoms with Gasteiger partial charge in [-0.1, -0.05) is 28.9 Å². The van der Waals surface area contributed by atoms with Crippen LogP contribution in [0.15, 0.2) is 28.8 Å². The first kappa shape index (κ1) is 20.8. The molecule has 0 radical (unpaired) electrons. The Balaban J connectivity index is 1.51. The molecule has 1 amide bonds. The van der Waals surface area contributed by atoms with Crippen LogP contribution in [0.5, 0.6) is 0 Å².